The normalized spacial score (nSPS) is 11.5. The van der Waals surface area contributed by atoms with Crippen molar-refractivity contribution in [3.8, 4) is 0 Å². The molecule has 2 aromatic rings. The molecule has 0 aromatic carbocycles. The first-order valence-corrected chi connectivity index (χ1v) is 6.81. The van der Waals surface area contributed by atoms with E-state index in [1.807, 2.05) is 18.2 Å². The molecule has 0 spiro atoms. The molecule has 0 atom stereocenters. The first-order valence-electron chi connectivity index (χ1n) is 5.99. The molecule has 0 aliphatic carbocycles. The maximum atomic E-state index is 12.1. The highest BCUT2D eigenvalue weighted by molar-refractivity contribution is 7.14. The Morgan fingerprint density at radius 2 is 2.06 bits per heavy atom. The van der Waals surface area contributed by atoms with Crippen molar-refractivity contribution >= 4 is 17.1 Å². The van der Waals surface area contributed by atoms with Gasteiger partial charge in [-0.3, -0.25) is 9.78 Å². The molecule has 0 saturated heterocycles. The van der Waals surface area contributed by atoms with Crippen LogP contribution < -0.4 is 0 Å². The molecule has 0 amide bonds. The predicted molar refractivity (Wildman–Crippen MR) is 75.3 cm³/mol. The van der Waals surface area contributed by atoms with Crippen LogP contribution in [0.25, 0.3) is 0 Å². The highest BCUT2D eigenvalue weighted by atomic mass is 32.1. The van der Waals surface area contributed by atoms with Crippen LogP contribution >= 0.6 is 11.3 Å². The minimum atomic E-state index is 0.109. The minimum Gasteiger partial charge on any atom is -0.293 e. The van der Waals surface area contributed by atoms with Gasteiger partial charge in [-0.1, -0.05) is 26.8 Å². The zero-order valence-corrected chi connectivity index (χ0v) is 11.8. The summed E-state index contributed by atoms with van der Waals surface area (Å²) in [7, 11) is 0. The summed E-state index contributed by atoms with van der Waals surface area (Å²) in [6.45, 7) is 6.48. The minimum absolute atomic E-state index is 0.109. The maximum absolute atomic E-state index is 12.1. The van der Waals surface area contributed by atoms with Crippen LogP contribution in [0.3, 0.4) is 0 Å². The molecule has 2 nitrogen and oxygen atoms in total. The van der Waals surface area contributed by atoms with Crippen LogP contribution in [-0.4, -0.2) is 10.8 Å². The molecule has 18 heavy (non-hydrogen) atoms. The van der Waals surface area contributed by atoms with Crippen molar-refractivity contribution in [1.29, 1.82) is 0 Å². The molecular weight excluding hydrogens is 242 g/mol. The summed E-state index contributed by atoms with van der Waals surface area (Å²) in [5.41, 5.74) is 1.07. The molecule has 0 bridgehead atoms. The number of carbonyl (C=O) groups is 1. The number of ketones is 1. The lowest BCUT2D eigenvalue weighted by molar-refractivity contribution is 0.0996. The zero-order valence-electron chi connectivity index (χ0n) is 10.9. The molecule has 0 fully saturated rings. The summed E-state index contributed by atoms with van der Waals surface area (Å²) in [6, 6.07) is 7.78. The van der Waals surface area contributed by atoms with Gasteiger partial charge in [0.1, 0.15) is 0 Å². The van der Waals surface area contributed by atoms with Crippen LogP contribution in [0.4, 0.5) is 0 Å². The van der Waals surface area contributed by atoms with E-state index in [4.69, 9.17) is 0 Å². The lowest BCUT2D eigenvalue weighted by Gasteiger charge is -2.15. The second-order valence-electron chi connectivity index (χ2n) is 5.38. The second kappa shape index (κ2) is 5.02. The second-order valence-corrected chi connectivity index (χ2v) is 6.46. The van der Waals surface area contributed by atoms with E-state index in [2.05, 4.69) is 31.8 Å². The first-order chi connectivity index (χ1) is 8.47. The average Bonchev–Trinajstić information content (AvgIpc) is 2.79. The summed E-state index contributed by atoms with van der Waals surface area (Å²) in [5, 5.41) is 0. The van der Waals surface area contributed by atoms with Gasteiger partial charge in [0.15, 0.2) is 5.78 Å². The standard InChI is InChI=1S/C15H17NOS/c1-15(2,3)14-7-6-13(18-14)12(17)9-11-5-4-8-16-10-11/h4-8,10H,9H2,1-3H3. The fraction of sp³-hybridized carbons (Fsp3) is 0.333. The highest BCUT2D eigenvalue weighted by Gasteiger charge is 2.18. The zero-order chi connectivity index (χ0) is 13.2. The summed E-state index contributed by atoms with van der Waals surface area (Å²) < 4.78 is 0. The van der Waals surface area contributed by atoms with E-state index in [1.165, 1.54) is 4.88 Å². The third-order valence-corrected chi connectivity index (χ3v) is 4.26. The lowest BCUT2D eigenvalue weighted by Crippen LogP contribution is -2.08. The molecule has 0 unspecified atom stereocenters. The van der Waals surface area contributed by atoms with Gasteiger partial charge in [-0.05, 0) is 29.2 Å². The van der Waals surface area contributed by atoms with Gasteiger partial charge in [0, 0.05) is 23.7 Å². The SMILES string of the molecule is CC(C)(C)c1ccc(C(=O)Cc2cccnc2)s1. The van der Waals surface area contributed by atoms with E-state index < -0.39 is 0 Å². The van der Waals surface area contributed by atoms with Crippen LogP contribution in [-0.2, 0) is 11.8 Å². The van der Waals surface area contributed by atoms with Crippen molar-refractivity contribution in [1.82, 2.24) is 4.98 Å². The Balaban J connectivity index is 2.13. The predicted octanol–water partition coefficient (Wildman–Crippen LogP) is 3.87. The number of hydrogen-bond donors (Lipinski definition) is 0. The van der Waals surface area contributed by atoms with Crippen molar-refractivity contribution in [3.05, 3.63) is 52.0 Å². The van der Waals surface area contributed by atoms with Crippen LogP contribution in [0.5, 0.6) is 0 Å². The molecule has 94 valence electrons. The van der Waals surface area contributed by atoms with Gasteiger partial charge in [-0.25, -0.2) is 0 Å². The van der Waals surface area contributed by atoms with Crippen LogP contribution in [0.1, 0.15) is 40.9 Å². The molecule has 2 aromatic heterocycles. The van der Waals surface area contributed by atoms with Gasteiger partial charge in [-0.15, -0.1) is 11.3 Å². The smallest absolute Gasteiger partial charge is 0.177 e. The van der Waals surface area contributed by atoms with E-state index in [9.17, 15) is 4.79 Å². The monoisotopic (exact) mass is 259 g/mol. The van der Waals surface area contributed by atoms with Crippen molar-refractivity contribution in [2.24, 2.45) is 0 Å². The van der Waals surface area contributed by atoms with Gasteiger partial charge in [-0.2, -0.15) is 0 Å². The maximum Gasteiger partial charge on any atom is 0.177 e. The van der Waals surface area contributed by atoms with Gasteiger partial charge < -0.3 is 0 Å². The van der Waals surface area contributed by atoms with E-state index in [0.717, 1.165) is 10.4 Å². The molecule has 3 heteroatoms. The van der Waals surface area contributed by atoms with Gasteiger partial charge in [0.2, 0.25) is 0 Å². The van der Waals surface area contributed by atoms with Crippen LogP contribution in [0.15, 0.2) is 36.7 Å². The van der Waals surface area contributed by atoms with Crippen molar-refractivity contribution < 1.29 is 4.79 Å². The molecule has 0 radical (unpaired) electrons. The molecule has 0 aliphatic heterocycles. The topological polar surface area (TPSA) is 30.0 Å². The Morgan fingerprint density at radius 1 is 1.28 bits per heavy atom. The van der Waals surface area contributed by atoms with Crippen molar-refractivity contribution in [3.63, 3.8) is 0 Å². The average molecular weight is 259 g/mol. The number of rotatable bonds is 3. The Bertz CT molecular complexity index is 537. The summed E-state index contributed by atoms with van der Waals surface area (Å²) in [5.74, 6) is 0.170. The van der Waals surface area contributed by atoms with E-state index >= 15 is 0 Å². The van der Waals surface area contributed by atoms with Crippen molar-refractivity contribution in [2.45, 2.75) is 32.6 Å². The van der Waals surface area contributed by atoms with E-state index in [0.29, 0.717) is 6.42 Å². The Kier molecular flexibility index (Phi) is 3.62. The fourth-order valence-electron chi connectivity index (χ4n) is 1.67. The number of aromatic nitrogens is 1. The Hall–Kier alpha value is -1.48. The summed E-state index contributed by atoms with van der Waals surface area (Å²) in [4.78, 5) is 18.2. The van der Waals surface area contributed by atoms with Gasteiger partial charge >= 0.3 is 0 Å². The number of hydrogen-bond acceptors (Lipinski definition) is 3. The Morgan fingerprint density at radius 3 is 2.61 bits per heavy atom. The Labute approximate surface area is 112 Å². The van der Waals surface area contributed by atoms with Crippen LogP contribution in [0, 0.1) is 0 Å². The molecule has 2 rings (SSSR count). The van der Waals surface area contributed by atoms with Crippen LogP contribution in [0.2, 0.25) is 0 Å². The molecule has 0 N–H and O–H groups in total. The lowest BCUT2D eigenvalue weighted by atomic mass is 9.95. The van der Waals surface area contributed by atoms with Gasteiger partial charge in [0.25, 0.3) is 0 Å². The highest BCUT2D eigenvalue weighted by Crippen LogP contribution is 2.29. The third kappa shape index (κ3) is 3.05. The number of Topliss-reactive ketones (excluding diaryl/α,β-unsaturated/α-hetero) is 1. The molecular formula is C15H17NOS. The molecule has 0 saturated carbocycles. The number of nitrogens with zero attached hydrogens (tertiary/aromatic N) is 1. The fourth-order valence-corrected chi connectivity index (χ4v) is 2.67. The molecule has 0 aliphatic rings. The van der Waals surface area contributed by atoms with Gasteiger partial charge in [0.05, 0.1) is 4.88 Å². The van der Waals surface area contributed by atoms with E-state index in [1.54, 1.807) is 23.7 Å². The summed E-state index contributed by atoms with van der Waals surface area (Å²) in [6.07, 6.45) is 3.89. The molecule has 2 heterocycles. The van der Waals surface area contributed by atoms with Crippen molar-refractivity contribution in [2.75, 3.05) is 0 Å². The number of thiophene rings is 1. The number of pyridine rings is 1. The third-order valence-electron chi connectivity index (χ3n) is 2.71. The van der Waals surface area contributed by atoms with E-state index in [-0.39, 0.29) is 11.2 Å². The largest absolute Gasteiger partial charge is 0.293 e. The summed E-state index contributed by atoms with van der Waals surface area (Å²) >= 11 is 1.60. The first kappa shape index (κ1) is 13.0. The quantitative estimate of drug-likeness (QED) is 0.783. The number of carbonyl (C=O) groups excluding carboxylic acids is 1.